The number of anilines is 1. The predicted molar refractivity (Wildman–Crippen MR) is 136 cm³/mol. The Labute approximate surface area is 201 Å². The molecule has 0 aliphatic carbocycles. The molecule has 0 amide bonds. The zero-order valence-corrected chi connectivity index (χ0v) is 19.5. The number of fused-ring (bicyclic) bond motifs is 1. The van der Waals surface area contributed by atoms with Crippen LogP contribution in [-0.2, 0) is 19.5 Å². The average molecular weight is 448 g/mol. The van der Waals surface area contributed by atoms with E-state index in [0.29, 0.717) is 5.56 Å². The first-order valence-corrected chi connectivity index (χ1v) is 11.8. The molecule has 3 aromatic carbocycles. The molecule has 1 atom stereocenters. The molecule has 0 bridgehead atoms. The standard InChI is InChI=1S/C29H29N5/c1-22-5-4-7-26(15-22)33-14-13-25-6-2-3-8-28(25)29(20-33)32-18-27-17-31-21-34(27)19-24-11-9-23(16-30)10-12-24/h2-12,15,17,21,29,32H,13-14,18-20H2,1H3. The third-order valence-corrected chi connectivity index (χ3v) is 6.62. The second-order valence-electron chi connectivity index (χ2n) is 8.99. The normalized spacial score (nSPS) is 15.4. The molecule has 5 heteroatoms. The summed E-state index contributed by atoms with van der Waals surface area (Å²) in [6, 6.07) is 27.8. The fourth-order valence-electron chi connectivity index (χ4n) is 4.75. The van der Waals surface area contributed by atoms with Crippen LogP contribution in [0.4, 0.5) is 5.69 Å². The summed E-state index contributed by atoms with van der Waals surface area (Å²) in [6.45, 7) is 5.55. The molecule has 5 rings (SSSR count). The van der Waals surface area contributed by atoms with E-state index in [9.17, 15) is 0 Å². The van der Waals surface area contributed by atoms with Crippen LogP contribution in [0.3, 0.4) is 0 Å². The van der Waals surface area contributed by atoms with Crippen LogP contribution in [0.2, 0.25) is 0 Å². The summed E-state index contributed by atoms with van der Waals surface area (Å²) in [5.41, 5.74) is 8.36. The van der Waals surface area contributed by atoms with Crippen molar-refractivity contribution in [2.24, 2.45) is 0 Å². The van der Waals surface area contributed by atoms with Gasteiger partial charge in [0.1, 0.15) is 0 Å². The molecule has 1 N–H and O–H groups in total. The van der Waals surface area contributed by atoms with Crippen molar-refractivity contribution < 1.29 is 0 Å². The molecule has 2 heterocycles. The van der Waals surface area contributed by atoms with Gasteiger partial charge in [0.25, 0.3) is 0 Å². The van der Waals surface area contributed by atoms with Gasteiger partial charge in [-0.05, 0) is 59.9 Å². The molecule has 4 aromatic rings. The second kappa shape index (κ2) is 9.94. The van der Waals surface area contributed by atoms with Gasteiger partial charge in [-0.25, -0.2) is 4.98 Å². The van der Waals surface area contributed by atoms with E-state index in [0.717, 1.165) is 43.9 Å². The number of hydrogen-bond donors (Lipinski definition) is 1. The molecule has 0 spiro atoms. The lowest BCUT2D eigenvalue weighted by molar-refractivity contribution is 0.516. The Bertz CT molecular complexity index is 1300. The monoisotopic (exact) mass is 447 g/mol. The summed E-state index contributed by atoms with van der Waals surface area (Å²) in [5.74, 6) is 0. The van der Waals surface area contributed by atoms with Gasteiger partial charge in [-0.3, -0.25) is 0 Å². The van der Waals surface area contributed by atoms with Crippen LogP contribution in [0.15, 0.2) is 85.3 Å². The maximum Gasteiger partial charge on any atom is 0.0991 e. The van der Waals surface area contributed by atoms with Crippen molar-refractivity contribution in [3.63, 3.8) is 0 Å². The first-order chi connectivity index (χ1) is 16.7. The van der Waals surface area contributed by atoms with E-state index in [1.165, 1.54) is 22.4 Å². The lowest BCUT2D eigenvalue weighted by Gasteiger charge is -2.28. The summed E-state index contributed by atoms with van der Waals surface area (Å²) in [7, 11) is 0. The van der Waals surface area contributed by atoms with Crippen molar-refractivity contribution in [2.45, 2.75) is 32.5 Å². The first kappa shape index (κ1) is 21.9. The number of benzene rings is 3. The van der Waals surface area contributed by atoms with Crippen LogP contribution >= 0.6 is 0 Å². The van der Waals surface area contributed by atoms with Crippen LogP contribution < -0.4 is 10.2 Å². The Balaban J connectivity index is 1.34. The Hall–Kier alpha value is -3.88. The van der Waals surface area contributed by atoms with Gasteiger partial charge >= 0.3 is 0 Å². The van der Waals surface area contributed by atoms with E-state index in [-0.39, 0.29) is 6.04 Å². The minimum atomic E-state index is 0.220. The maximum atomic E-state index is 9.04. The smallest absolute Gasteiger partial charge is 0.0991 e. The van der Waals surface area contributed by atoms with Gasteiger partial charge in [-0.15, -0.1) is 0 Å². The molecule has 0 saturated carbocycles. The van der Waals surface area contributed by atoms with Gasteiger partial charge in [0.15, 0.2) is 0 Å². The van der Waals surface area contributed by atoms with Crippen molar-refractivity contribution in [1.82, 2.24) is 14.9 Å². The van der Waals surface area contributed by atoms with E-state index >= 15 is 0 Å². The highest BCUT2D eigenvalue weighted by atomic mass is 15.2. The highest BCUT2D eigenvalue weighted by Crippen LogP contribution is 2.28. The number of aryl methyl sites for hydroxylation is 1. The topological polar surface area (TPSA) is 56.9 Å². The van der Waals surface area contributed by atoms with Gasteiger partial charge in [0.05, 0.1) is 29.7 Å². The molecule has 0 saturated heterocycles. The molecule has 0 radical (unpaired) electrons. The summed E-state index contributed by atoms with van der Waals surface area (Å²) < 4.78 is 2.18. The molecule has 1 aliphatic heterocycles. The van der Waals surface area contributed by atoms with Crippen molar-refractivity contribution >= 4 is 5.69 Å². The van der Waals surface area contributed by atoms with Crippen molar-refractivity contribution in [3.05, 3.63) is 119 Å². The molecular formula is C29H29N5. The predicted octanol–water partition coefficient (Wildman–Crippen LogP) is 5.01. The van der Waals surface area contributed by atoms with E-state index in [2.05, 4.69) is 81.3 Å². The number of rotatable bonds is 6. The second-order valence-corrected chi connectivity index (χ2v) is 8.99. The molecule has 170 valence electrons. The van der Waals surface area contributed by atoms with Crippen LogP contribution in [-0.4, -0.2) is 22.6 Å². The van der Waals surface area contributed by atoms with Gasteiger partial charge in [-0.1, -0.05) is 48.5 Å². The molecule has 1 aliphatic rings. The Morgan fingerprint density at radius 1 is 1.06 bits per heavy atom. The Morgan fingerprint density at radius 2 is 1.91 bits per heavy atom. The number of nitriles is 1. The van der Waals surface area contributed by atoms with Crippen molar-refractivity contribution in [2.75, 3.05) is 18.0 Å². The Morgan fingerprint density at radius 3 is 2.74 bits per heavy atom. The van der Waals surface area contributed by atoms with Crippen LogP contribution in [0.5, 0.6) is 0 Å². The molecule has 1 unspecified atom stereocenters. The fourth-order valence-corrected chi connectivity index (χ4v) is 4.75. The minimum Gasteiger partial charge on any atom is -0.369 e. The van der Waals surface area contributed by atoms with Gasteiger partial charge < -0.3 is 14.8 Å². The van der Waals surface area contributed by atoms with Crippen LogP contribution in [0, 0.1) is 18.3 Å². The quantitative estimate of drug-likeness (QED) is 0.452. The summed E-state index contributed by atoms with van der Waals surface area (Å²) in [5, 5.41) is 12.9. The fraction of sp³-hybridized carbons (Fsp3) is 0.241. The minimum absolute atomic E-state index is 0.220. The SMILES string of the molecule is Cc1cccc(N2CCc3ccccc3C(NCc3cncn3Cc3ccc(C#N)cc3)C2)c1. The van der Waals surface area contributed by atoms with Crippen molar-refractivity contribution in [1.29, 1.82) is 5.26 Å². The highest BCUT2D eigenvalue weighted by Gasteiger charge is 2.23. The maximum absolute atomic E-state index is 9.04. The third-order valence-electron chi connectivity index (χ3n) is 6.62. The summed E-state index contributed by atoms with van der Waals surface area (Å²) in [4.78, 5) is 6.91. The van der Waals surface area contributed by atoms with Gasteiger partial charge in [0.2, 0.25) is 0 Å². The molecule has 5 nitrogen and oxygen atoms in total. The lowest BCUT2D eigenvalue weighted by Crippen LogP contribution is -2.34. The number of imidazole rings is 1. The largest absolute Gasteiger partial charge is 0.369 e. The van der Waals surface area contributed by atoms with Crippen molar-refractivity contribution in [3.8, 4) is 6.07 Å². The molecule has 0 fully saturated rings. The zero-order chi connectivity index (χ0) is 23.3. The van der Waals surface area contributed by atoms with E-state index < -0.39 is 0 Å². The van der Waals surface area contributed by atoms with Gasteiger partial charge in [0, 0.05) is 38.1 Å². The van der Waals surface area contributed by atoms with E-state index in [4.69, 9.17) is 5.26 Å². The number of nitrogens with one attached hydrogen (secondary N) is 1. The average Bonchev–Trinajstić information content (AvgIpc) is 3.22. The number of nitrogens with zero attached hydrogens (tertiary/aromatic N) is 4. The third kappa shape index (κ3) is 4.88. The lowest BCUT2D eigenvalue weighted by atomic mass is 9.99. The zero-order valence-electron chi connectivity index (χ0n) is 19.5. The molecule has 1 aromatic heterocycles. The number of hydrogen-bond acceptors (Lipinski definition) is 4. The van der Waals surface area contributed by atoms with Crippen LogP contribution in [0.25, 0.3) is 0 Å². The number of aromatic nitrogens is 2. The van der Waals surface area contributed by atoms with Crippen LogP contribution in [0.1, 0.15) is 39.6 Å². The summed E-state index contributed by atoms with van der Waals surface area (Å²) >= 11 is 0. The molecular weight excluding hydrogens is 418 g/mol. The van der Waals surface area contributed by atoms with E-state index in [1.807, 2.05) is 36.8 Å². The molecule has 34 heavy (non-hydrogen) atoms. The first-order valence-electron chi connectivity index (χ1n) is 11.8. The van der Waals surface area contributed by atoms with Gasteiger partial charge in [-0.2, -0.15) is 5.26 Å². The van der Waals surface area contributed by atoms with E-state index in [1.54, 1.807) is 0 Å². The Kier molecular flexibility index (Phi) is 6.42. The highest BCUT2D eigenvalue weighted by molar-refractivity contribution is 5.50. The summed E-state index contributed by atoms with van der Waals surface area (Å²) in [6.07, 6.45) is 4.87.